The largest absolute Gasteiger partial charge is 0.493 e. The molecular weight excluding hydrogens is 478 g/mol. The number of likely N-dealkylation sites (N-methyl/N-ethyl adjacent to an activating group) is 1. The average Bonchev–Trinajstić information content (AvgIpc) is 3.25. The van der Waals surface area contributed by atoms with Crippen LogP contribution in [0.25, 0.3) is 22.4 Å². The molecule has 4 rings (SSSR count). The van der Waals surface area contributed by atoms with Crippen molar-refractivity contribution in [3.05, 3.63) is 40.3 Å². The van der Waals surface area contributed by atoms with Crippen LogP contribution >= 0.6 is 0 Å². The topological polar surface area (TPSA) is 101 Å². The number of aromatic amines is 1. The number of hydrogen-bond donors (Lipinski definition) is 1. The molecule has 0 saturated carbocycles. The molecule has 0 atom stereocenters. The molecule has 1 fully saturated rings. The summed E-state index contributed by atoms with van der Waals surface area (Å²) in [5.41, 5.74) is 1.80. The summed E-state index contributed by atoms with van der Waals surface area (Å²) in [4.78, 5) is 23.4. The lowest BCUT2D eigenvalue weighted by molar-refractivity contribution is 0.196. The second-order valence-electron chi connectivity index (χ2n) is 9.16. The van der Waals surface area contributed by atoms with Crippen molar-refractivity contribution in [2.45, 2.75) is 58.4 Å². The molecule has 10 heteroatoms. The van der Waals surface area contributed by atoms with E-state index in [1.165, 1.54) is 4.31 Å². The number of piperazine rings is 1. The molecule has 3 heterocycles. The van der Waals surface area contributed by atoms with E-state index in [-0.39, 0.29) is 10.5 Å². The Morgan fingerprint density at radius 2 is 1.81 bits per heavy atom. The molecule has 36 heavy (non-hydrogen) atoms. The Morgan fingerprint density at radius 3 is 2.44 bits per heavy atom. The third-order valence-corrected chi connectivity index (χ3v) is 8.63. The highest BCUT2D eigenvalue weighted by molar-refractivity contribution is 7.89. The minimum Gasteiger partial charge on any atom is -0.493 e. The van der Waals surface area contributed by atoms with Crippen LogP contribution in [0.4, 0.5) is 0 Å². The maximum absolute atomic E-state index is 13.5. The van der Waals surface area contributed by atoms with Crippen LogP contribution in [-0.2, 0) is 23.0 Å². The minimum atomic E-state index is -3.70. The Hall–Kier alpha value is -2.69. The number of benzene rings is 1. The van der Waals surface area contributed by atoms with E-state index < -0.39 is 10.0 Å². The van der Waals surface area contributed by atoms with Gasteiger partial charge in [-0.15, -0.1) is 0 Å². The van der Waals surface area contributed by atoms with Crippen LogP contribution in [0.1, 0.15) is 46.1 Å². The van der Waals surface area contributed by atoms with Crippen molar-refractivity contribution in [1.82, 2.24) is 23.7 Å². The van der Waals surface area contributed by atoms with Crippen LogP contribution in [0.5, 0.6) is 5.75 Å². The van der Waals surface area contributed by atoms with E-state index in [4.69, 9.17) is 9.72 Å². The standard InChI is InChI=1S/C26H37N5O4S/c1-5-11-30-18-19(7-3)23-25(30)27-24(28-26(23)32)21-17-20(9-10-22(21)35-16-6-2)36(33,34)31-14-12-29(8-4)13-15-31/h9-10,17-18H,5-8,11-16H2,1-4H3,(H,27,28,32). The molecule has 0 radical (unpaired) electrons. The van der Waals surface area contributed by atoms with Crippen LogP contribution < -0.4 is 10.3 Å². The van der Waals surface area contributed by atoms with Crippen molar-refractivity contribution < 1.29 is 13.2 Å². The van der Waals surface area contributed by atoms with Gasteiger partial charge in [-0.2, -0.15) is 4.31 Å². The molecule has 0 spiro atoms. The van der Waals surface area contributed by atoms with E-state index in [1.54, 1.807) is 18.2 Å². The van der Waals surface area contributed by atoms with E-state index in [0.29, 0.717) is 61.0 Å². The van der Waals surface area contributed by atoms with Gasteiger partial charge in [0.25, 0.3) is 5.56 Å². The maximum atomic E-state index is 13.5. The lowest BCUT2D eigenvalue weighted by atomic mass is 10.1. The first-order chi connectivity index (χ1) is 17.3. The predicted molar refractivity (Wildman–Crippen MR) is 142 cm³/mol. The molecule has 0 aliphatic carbocycles. The van der Waals surface area contributed by atoms with Crippen molar-refractivity contribution in [3.8, 4) is 17.1 Å². The Balaban J connectivity index is 1.83. The van der Waals surface area contributed by atoms with E-state index in [0.717, 1.165) is 37.9 Å². The van der Waals surface area contributed by atoms with Crippen LogP contribution in [0.3, 0.4) is 0 Å². The molecule has 3 aromatic rings. The van der Waals surface area contributed by atoms with Crippen LogP contribution in [-0.4, -0.2) is 71.5 Å². The number of aromatic nitrogens is 3. The van der Waals surface area contributed by atoms with Crippen molar-refractivity contribution >= 4 is 21.1 Å². The smallest absolute Gasteiger partial charge is 0.260 e. The van der Waals surface area contributed by atoms with Gasteiger partial charge in [0, 0.05) is 38.9 Å². The van der Waals surface area contributed by atoms with Crippen molar-refractivity contribution in [3.63, 3.8) is 0 Å². The zero-order chi connectivity index (χ0) is 25.9. The Morgan fingerprint density at radius 1 is 1.06 bits per heavy atom. The zero-order valence-corrected chi connectivity index (χ0v) is 22.5. The summed E-state index contributed by atoms with van der Waals surface area (Å²) in [6.07, 6.45) is 4.41. The number of hydrogen-bond acceptors (Lipinski definition) is 6. The van der Waals surface area contributed by atoms with Gasteiger partial charge < -0.3 is 19.2 Å². The number of aryl methyl sites for hydroxylation is 2. The highest BCUT2D eigenvalue weighted by Crippen LogP contribution is 2.32. The number of rotatable bonds is 10. The Bertz CT molecular complexity index is 1370. The third kappa shape index (κ3) is 5.07. The molecule has 1 saturated heterocycles. The van der Waals surface area contributed by atoms with Gasteiger partial charge in [-0.1, -0.05) is 27.7 Å². The number of nitrogens with zero attached hydrogens (tertiary/aromatic N) is 4. The van der Waals surface area contributed by atoms with Crippen molar-refractivity contribution in [1.29, 1.82) is 0 Å². The van der Waals surface area contributed by atoms with Crippen molar-refractivity contribution in [2.75, 3.05) is 39.3 Å². The first kappa shape index (κ1) is 26.4. The fourth-order valence-corrected chi connectivity index (χ4v) is 6.16. The Labute approximate surface area is 213 Å². The van der Waals surface area contributed by atoms with Gasteiger partial charge in [0.05, 0.1) is 22.5 Å². The second-order valence-corrected chi connectivity index (χ2v) is 11.1. The summed E-state index contributed by atoms with van der Waals surface area (Å²) in [6.45, 7) is 12.6. The normalized spacial score (nSPS) is 15.6. The third-order valence-electron chi connectivity index (χ3n) is 6.73. The Kier molecular flexibility index (Phi) is 8.17. The number of nitrogens with one attached hydrogen (secondary N) is 1. The quantitative estimate of drug-likeness (QED) is 0.444. The highest BCUT2D eigenvalue weighted by atomic mass is 32.2. The molecule has 0 unspecified atom stereocenters. The second kappa shape index (κ2) is 11.1. The number of H-pyrrole nitrogens is 1. The molecule has 9 nitrogen and oxygen atoms in total. The molecular formula is C26H37N5O4S. The monoisotopic (exact) mass is 515 g/mol. The van der Waals surface area contributed by atoms with Crippen molar-refractivity contribution in [2.24, 2.45) is 0 Å². The minimum absolute atomic E-state index is 0.173. The van der Waals surface area contributed by atoms with Gasteiger partial charge >= 0.3 is 0 Å². The lowest BCUT2D eigenvalue weighted by Crippen LogP contribution is -2.48. The van der Waals surface area contributed by atoms with Crippen LogP contribution in [0.15, 0.2) is 34.1 Å². The molecule has 0 amide bonds. The van der Waals surface area contributed by atoms with Gasteiger partial charge in [-0.3, -0.25) is 4.79 Å². The van der Waals surface area contributed by atoms with E-state index in [2.05, 4.69) is 23.7 Å². The van der Waals surface area contributed by atoms with Gasteiger partial charge in [0.1, 0.15) is 17.2 Å². The summed E-state index contributed by atoms with van der Waals surface area (Å²) >= 11 is 0. The molecule has 0 bridgehead atoms. The number of sulfonamides is 1. The number of fused-ring (bicyclic) bond motifs is 1. The first-order valence-electron chi connectivity index (χ1n) is 13.0. The van der Waals surface area contributed by atoms with Crippen LogP contribution in [0.2, 0.25) is 0 Å². The fraction of sp³-hybridized carbons (Fsp3) is 0.538. The molecule has 2 aromatic heterocycles. The predicted octanol–water partition coefficient (Wildman–Crippen LogP) is 3.48. The zero-order valence-electron chi connectivity index (χ0n) is 21.7. The summed E-state index contributed by atoms with van der Waals surface area (Å²) in [5.74, 6) is 0.808. The van der Waals surface area contributed by atoms with Crippen LogP contribution in [0, 0.1) is 0 Å². The summed E-state index contributed by atoms with van der Waals surface area (Å²) < 4.78 is 36.5. The molecule has 1 aliphatic heterocycles. The van der Waals surface area contributed by atoms with Gasteiger partial charge in [0.2, 0.25) is 10.0 Å². The number of ether oxygens (including phenoxy) is 1. The summed E-state index contributed by atoms with van der Waals surface area (Å²) in [6, 6.07) is 4.85. The van der Waals surface area contributed by atoms with Gasteiger partial charge in [-0.05, 0) is 49.6 Å². The fourth-order valence-electron chi connectivity index (χ4n) is 4.71. The van der Waals surface area contributed by atoms with E-state index in [1.807, 2.05) is 24.6 Å². The average molecular weight is 516 g/mol. The van der Waals surface area contributed by atoms with Gasteiger partial charge in [0.15, 0.2) is 0 Å². The SMILES string of the molecule is CCCOc1ccc(S(=O)(=O)N2CCN(CC)CC2)cc1-c1nc2c(c(CC)cn2CCC)c(=O)[nH]1. The highest BCUT2D eigenvalue weighted by Gasteiger charge is 2.29. The van der Waals surface area contributed by atoms with E-state index >= 15 is 0 Å². The molecule has 1 aliphatic rings. The molecule has 1 N–H and O–H groups in total. The summed E-state index contributed by atoms with van der Waals surface area (Å²) in [5, 5.41) is 0.586. The van der Waals surface area contributed by atoms with E-state index in [9.17, 15) is 13.2 Å². The molecule has 1 aromatic carbocycles. The maximum Gasteiger partial charge on any atom is 0.260 e. The van der Waals surface area contributed by atoms with Gasteiger partial charge in [-0.25, -0.2) is 13.4 Å². The first-order valence-corrected chi connectivity index (χ1v) is 14.4. The lowest BCUT2D eigenvalue weighted by Gasteiger charge is -2.33. The molecule has 196 valence electrons. The summed E-state index contributed by atoms with van der Waals surface area (Å²) in [7, 11) is -3.70.